The minimum Gasteiger partial charge on any atom is -0.370 e. The highest BCUT2D eigenvalue weighted by molar-refractivity contribution is 5.95. The molecule has 9 heteroatoms. The predicted molar refractivity (Wildman–Crippen MR) is 104 cm³/mol. The van der Waals surface area contributed by atoms with Crippen molar-refractivity contribution in [3.05, 3.63) is 52.3 Å². The molecule has 3 aromatic heterocycles. The van der Waals surface area contributed by atoms with Gasteiger partial charge in [-0.15, -0.1) is 0 Å². The first-order valence-corrected chi connectivity index (χ1v) is 9.39. The van der Waals surface area contributed by atoms with Crippen molar-refractivity contribution in [3.8, 4) is 0 Å². The molecule has 1 saturated heterocycles. The number of aromatic nitrogens is 5. The number of carbonyl (C=O) groups excluding carboxylic acids is 1. The topological polar surface area (TPSA) is 97.4 Å². The van der Waals surface area contributed by atoms with Crippen LogP contribution in [0, 0.1) is 12.8 Å². The summed E-state index contributed by atoms with van der Waals surface area (Å²) >= 11 is 0. The summed E-state index contributed by atoms with van der Waals surface area (Å²) < 4.78 is 2.99. The van der Waals surface area contributed by atoms with Gasteiger partial charge in [0.1, 0.15) is 0 Å². The van der Waals surface area contributed by atoms with Gasteiger partial charge in [0.15, 0.2) is 5.65 Å². The monoisotopic (exact) mass is 381 g/mol. The Hall–Kier alpha value is -3.23. The van der Waals surface area contributed by atoms with Crippen LogP contribution in [0.15, 0.2) is 35.5 Å². The predicted octanol–water partition coefficient (Wildman–Crippen LogP) is 0.778. The highest BCUT2D eigenvalue weighted by Gasteiger charge is 2.21. The zero-order valence-electron chi connectivity index (χ0n) is 16.0. The van der Waals surface area contributed by atoms with E-state index in [1.165, 1.54) is 4.68 Å². The van der Waals surface area contributed by atoms with Gasteiger partial charge in [-0.2, -0.15) is 10.2 Å². The van der Waals surface area contributed by atoms with E-state index < -0.39 is 0 Å². The molecular formula is C19H23N7O2. The van der Waals surface area contributed by atoms with Crippen LogP contribution >= 0.6 is 0 Å². The lowest BCUT2D eigenvalue weighted by atomic mass is 9.96. The van der Waals surface area contributed by atoms with E-state index >= 15 is 0 Å². The lowest BCUT2D eigenvalue weighted by molar-refractivity contribution is 0.0943. The molecule has 0 spiro atoms. The number of amides is 1. The van der Waals surface area contributed by atoms with Crippen LogP contribution in [0.3, 0.4) is 0 Å². The fourth-order valence-corrected chi connectivity index (χ4v) is 3.57. The Bertz CT molecular complexity index is 1060. The Kier molecular flexibility index (Phi) is 4.81. The molecule has 1 aliphatic heterocycles. The number of piperidine rings is 1. The number of hydrogen-bond acceptors (Lipinski definition) is 6. The highest BCUT2D eigenvalue weighted by atomic mass is 16.1. The van der Waals surface area contributed by atoms with Gasteiger partial charge in [0.25, 0.3) is 11.5 Å². The molecule has 9 nitrogen and oxygen atoms in total. The van der Waals surface area contributed by atoms with E-state index in [-0.39, 0.29) is 11.5 Å². The van der Waals surface area contributed by atoms with E-state index in [0.717, 1.165) is 43.0 Å². The number of rotatable bonds is 4. The maximum absolute atomic E-state index is 12.6. The van der Waals surface area contributed by atoms with Crippen molar-refractivity contribution in [2.45, 2.75) is 19.8 Å². The largest absolute Gasteiger partial charge is 0.370 e. The fraction of sp³-hybridized carbons (Fsp3) is 0.421. The van der Waals surface area contributed by atoms with Crippen LogP contribution in [0.4, 0.5) is 5.69 Å². The van der Waals surface area contributed by atoms with Gasteiger partial charge in [0, 0.05) is 45.0 Å². The molecule has 1 fully saturated rings. The van der Waals surface area contributed by atoms with Gasteiger partial charge in [-0.25, -0.2) is 14.2 Å². The van der Waals surface area contributed by atoms with E-state index in [1.807, 2.05) is 6.92 Å². The number of hydrogen-bond donors (Lipinski definition) is 1. The fourth-order valence-electron chi connectivity index (χ4n) is 3.57. The summed E-state index contributed by atoms with van der Waals surface area (Å²) in [7, 11) is 1.64. The Balaban J connectivity index is 1.33. The van der Waals surface area contributed by atoms with Crippen LogP contribution in [-0.2, 0) is 7.05 Å². The van der Waals surface area contributed by atoms with Gasteiger partial charge in [-0.1, -0.05) is 0 Å². The summed E-state index contributed by atoms with van der Waals surface area (Å²) in [5, 5.41) is 11.3. The van der Waals surface area contributed by atoms with Crippen LogP contribution in [0.2, 0.25) is 0 Å². The number of anilines is 1. The zero-order chi connectivity index (χ0) is 19.7. The lowest BCUT2D eigenvalue weighted by Crippen LogP contribution is -2.39. The second-order valence-electron chi connectivity index (χ2n) is 7.17. The van der Waals surface area contributed by atoms with E-state index in [1.54, 1.807) is 42.3 Å². The highest BCUT2D eigenvalue weighted by Crippen LogP contribution is 2.21. The summed E-state index contributed by atoms with van der Waals surface area (Å²) in [4.78, 5) is 30.8. The van der Waals surface area contributed by atoms with Crippen molar-refractivity contribution in [2.24, 2.45) is 13.0 Å². The standard InChI is InChI=1S/C19H23N7O2/c1-13-16(12-20-17-3-6-22-26(13)17)19(28)21-10-14-4-7-25(8-5-14)15-9-18(27)24(2)23-11-15/h3,6,9,11-12,14H,4-5,7-8,10H2,1-2H3,(H,21,28). The molecular weight excluding hydrogens is 358 g/mol. The smallest absolute Gasteiger partial charge is 0.268 e. The van der Waals surface area contributed by atoms with Crippen LogP contribution in [0.25, 0.3) is 5.65 Å². The van der Waals surface area contributed by atoms with Crippen molar-refractivity contribution in [2.75, 3.05) is 24.5 Å². The first-order chi connectivity index (χ1) is 13.5. The molecule has 4 heterocycles. The average Bonchev–Trinajstić information content (AvgIpc) is 3.19. The third-order valence-corrected chi connectivity index (χ3v) is 5.39. The minimum atomic E-state index is -0.124. The summed E-state index contributed by atoms with van der Waals surface area (Å²) in [6.45, 7) is 4.18. The maximum Gasteiger partial charge on any atom is 0.268 e. The Labute approximate surface area is 162 Å². The molecule has 1 amide bonds. The van der Waals surface area contributed by atoms with E-state index in [2.05, 4.69) is 25.4 Å². The second kappa shape index (κ2) is 7.41. The molecule has 28 heavy (non-hydrogen) atoms. The molecule has 0 aliphatic carbocycles. The quantitative estimate of drug-likeness (QED) is 0.717. The lowest BCUT2D eigenvalue weighted by Gasteiger charge is -2.33. The van der Waals surface area contributed by atoms with E-state index in [9.17, 15) is 9.59 Å². The maximum atomic E-state index is 12.6. The Morgan fingerprint density at radius 3 is 2.79 bits per heavy atom. The first kappa shape index (κ1) is 18.1. The van der Waals surface area contributed by atoms with Crippen LogP contribution in [0.1, 0.15) is 28.9 Å². The summed E-state index contributed by atoms with van der Waals surface area (Å²) in [6, 6.07) is 3.43. The van der Waals surface area contributed by atoms with E-state index in [0.29, 0.717) is 18.0 Å². The molecule has 4 rings (SSSR count). The molecule has 0 bridgehead atoms. The molecule has 3 aromatic rings. The van der Waals surface area contributed by atoms with Crippen LogP contribution in [-0.4, -0.2) is 49.9 Å². The normalized spacial score (nSPS) is 15.1. The zero-order valence-corrected chi connectivity index (χ0v) is 16.0. The third-order valence-electron chi connectivity index (χ3n) is 5.39. The van der Waals surface area contributed by atoms with Crippen LogP contribution in [0.5, 0.6) is 0 Å². The molecule has 0 radical (unpaired) electrons. The van der Waals surface area contributed by atoms with Crippen molar-refractivity contribution >= 4 is 17.2 Å². The average molecular weight is 381 g/mol. The summed E-state index contributed by atoms with van der Waals surface area (Å²) in [5.41, 5.74) is 2.80. The Morgan fingerprint density at radius 2 is 2.04 bits per heavy atom. The van der Waals surface area contributed by atoms with Crippen molar-refractivity contribution < 1.29 is 4.79 Å². The second-order valence-corrected chi connectivity index (χ2v) is 7.17. The number of nitrogens with zero attached hydrogens (tertiary/aromatic N) is 6. The van der Waals surface area contributed by atoms with Gasteiger partial charge in [0.2, 0.25) is 0 Å². The summed E-state index contributed by atoms with van der Waals surface area (Å²) in [6.07, 6.45) is 6.90. The van der Waals surface area contributed by atoms with Crippen molar-refractivity contribution in [1.82, 2.24) is 29.7 Å². The van der Waals surface area contributed by atoms with Crippen molar-refractivity contribution in [1.29, 1.82) is 0 Å². The molecule has 0 atom stereocenters. The first-order valence-electron chi connectivity index (χ1n) is 9.39. The summed E-state index contributed by atoms with van der Waals surface area (Å²) in [5.74, 6) is 0.280. The SMILES string of the molecule is Cc1c(C(=O)NCC2CCN(c3cnn(C)c(=O)c3)CC2)cnc2ccnn12. The van der Waals surface area contributed by atoms with Gasteiger partial charge < -0.3 is 10.2 Å². The van der Waals surface area contributed by atoms with Crippen molar-refractivity contribution in [3.63, 3.8) is 0 Å². The molecule has 0 saturated carbocycles. The van der Waals surface area contributed by atoms with E-state index in [4.69, 9.17) is 0 Å². The van der Waals surface area contributed by atoms with Crippen LogP contribution < -0.4 is 15.8 Å². The number of aryl methyl sites for hydroxylation is 2. The molecule has 1 aliphatic rings. The molecule has 1 N–H and O–H groups in total. The molecule has 0 aromatic carbocycles. The van der Waals surface area contributed by atoms with Gasteiger partial charge in [-0.05, 0) is 25.7 Å². The number of nitrogens with one attached hydrogen (secondary N) is 1. The number of fused-ring (bicyclic) bond motifs is 1. The van der Waals surface area contributed by atoms with Gasteiger partial charge in [0.05, 0.1) is 29.3 Å². The molecule has 146 valence electrons. The van der Waals surface area contributed by atoms with Gasteiger partial charge >= 0.3 is 0 Å². The number of carbonyl (C=O) groups is 1. The minimum absolute atomic E-state index is 0.106. The van der Waals surface area contributed by atoms with Gasteiger partial charge in [-0.3, -0.25) is 9.59 Å². The molecule has 0 unspecified atom stereocenters. The Morgan fingerprint density at radius 1 is 1.25 bits per heavy atom. The third kappa shape index (κ3) is 3.47.